The van der Waals surface area contributed by atoms with Gasteiger partial charge in [-0.05, 0) is 13.5 Å². The summed E-state index contributed by atoms with van der Waals surface area (Å²) in [5.41, 5.74) is -1.02. The molecule has 1 N–H and O–H groups in total. The van der Waals surface area contributed by atoms with Gasteiger partial charge >= 0.3 is 6.18 Å². The van der Waals surface area contributed by atoms with E-state index in [2.05, 4.69) is 15.3 Å². The van der Waals surface area contributed by atoms with Gasteiger partial charge < -0.3 is 10.1 Å². The summed E-state index contributed by atoms with van der Waals surface area (Å²) in [6.07, 6.45) is -2.84. The number of nitrogens with zero attached hydrogens (tertiary/aromatic N) is 2. The maximum atomic E-state index is 12.2. The fourth-order valence-electron chi connectivity index (χ4n) is 1.15. The average molecular weight is 286 g/mol. The van der Waals surface area contributed by atoms with Gasteiger partial charge in [0, 0.05) is 6.04 Å². The Morgan fingerprint density at radius 1 is 1.33 bits per heavy atom. The molecule has 0 bridgehead atoms. The Morgan fingerprint density at radius 3 is 2.44 bits per heavy atom. The second kappa shape index (κ2) is 7.38. The lowest BCUT2D eigenvalue weighted by molar-refractivity contribution is -0.141. The van der Waals surface area contributed by atoms with Crippen LogP contribution in [0.25, 0.3) is 0 Å². The van der Waals surface area contributed by atoms with Crippen LogP contribution in [0.15, 0.2) is 12.4 Å². The van der Waals surface area contributed by atoms with E-state index in [0.29, 0.717) is 12.8 Å². The highest BCUT2D eigenvalue weighted by Gasteiger charge is 2.32. The molecule has 1 aromatic heterocycles. The molecule has 0 saturated carbocycles. The van der Waals surface area contributed by atoms with Crippen LogP contribution in [0.3, 0.4) is 0 Å². The first-order chi connectivity index (χ1) is 7.93. The maximum Gasteiger partial charge on any atom is 0.434 e. The van der Waals surface area contributed by atoms with Crippen LogP contribution in [0.4, 0.5) is 13.2 Å². The minimum absolute atomic E-state index is 0. The first-order valence-electron chi connectivity index (χ1n) is 5.19. The molecule has 0 aliphatic carbocycles. The van der Waals surface area contributed by atoms with Gasteiger partial charge in [0.2, 0.25) is 5.88 Å². The number of ether oxygens (including phenoxy) is 1. The zero-order chi connectivity index (χ0) is 12.9. The second-order valence-electron chi connectivity index (χ2n) is 3.51. The molecule has 0 saturated heterocycles. The van der Waals surface area contributed by atoms with Crippen LogP contribution in [0.2, 0.25) is 0 Å². The summed E-state index contributed by atoms with van der Waals surface area (Å²) in [7, 11) is 0. The molecule has 0 fully saturated rings. The molecule has 1 rings (SSSR count). The molecule has 0 unspecified atom stereocenters. The van der Waals surface area contributed by atoms with Crippen LogP contribution in [0.5, 0.6) is 5.88 Å². The smallest absolute Gasteiger partial charge is 0.434 e. The molecule has 0 radical (unpaired) electrons. The quantitative estimate of drug-likeness (QED) is 0.902. The third-order valence-electron chi connectivity index (χ3n) is 1.95. The van der Waals surface area contributed by atoms with E-state index in [9.17, 15) is 13.2 Å². The van der Waals surface area contributed by atoms with Gasteiger partial charge in [0.15, 0.2) is 5.69 Å². The van der Waals surface area contributed by atoms with Gasteiger partial charge in [0.25, 0.3) is 0 Å². The zero-order valence-corrected chi connectivity index (χ0v) is 10.8. The van der Waals surface area contributed by atoms with Crippen LogP contribution in [0.1, 0.15) is 19.5 Å². The number of likely N-dealkylation sites (N-methyl/N-ethyl adjacent to an activating group) is 1. The van der Waals surface area contributed by atoms with Crippen LogP contribution in [0, 0.1) is 0 Å². The van der Waals surface area contributed by atoms with Gasteiger partial charge in [0.05, 0.1) is 12.4 Å². The summed E-state index contributed by atoms with van der Waals surface area (Å²) in [5.74, 6) is 0.0859. The Balaban J connectivity index is 0.00000289. The van der Waals surface area contributed by atoms with Crippen molar-refractivity contribution in [2.75, 3.05) is 13.2 Å². The fourth-order valence-corrected chi connectivity index (χ4v) is 1.15. The minimum Gasteiger partial charge on any atom is -0.475 e. The molecule has 0 spiro atoms. The number of hydrogen-bond donors (Lipinski definition) is 1. The van der Waals surface area contributed by atoms with Crippen molar-refractivity contribution in [2.45, 2.75) is 26.1 Å². The fraction of sp³-hybridized carbons (Fsp3) is 0.600. The number of alkyl halides is 3. The minimum atomic E-state index is -4.47. The lowest BCUT2D eigenvalue weighted by atomic mass is 10.3. The molecule has 0 aliphatic heterocycles. The molecule has 4 nitrogen and oxygen atoms in total. The van der Waals surface area contributed by atoms with Gasteiger partial charge in [0.1, 0.15) is 6.61 Å². The molecular weight excluding hydrogens is 271 g/mol. The number of halogens is 4. The van der Waals surface area contributed by atoms with Crippen LogP contribution < -0.4 is 10.1 Å². The topological polar surface area (TPSA) is 47.0 Å². The molecule has 104 valence electrons. The van der Waals surface area contributed by atoms with Gasteiger partial charge in [-0.25, -0.2) is 9.97 Å². The van der Waals surface area contributed by atoms with E-state index in [-0.39, 0.29) is 24.3 Å². The first kappa shape index (κ1) is 16.9. The summed E-state index contributed by atoms with van der Waals surface area (Å²) in [4.78, 5) is 6.79. The highest BCUT2D eigenvalue weighted by molar-refractivity contribution is 5.85. The van der Waals surface area contributed by atoms with Crippen LogP contribution in [-0.4, -0.2) is 29.2 Å². The van der Waals surface area contributed by atoms with E-state index in [4.69, 9.17) is 4.74 Å². The largest absolute Gasteiger partial charge is 0.475 e. The average Bonchev–Trinajstić information content (AvgIpc) is 2.26. The summed E-state index contributed by atoms with van der Waals surface area (Å²) < 4.78 is 41.7. The normalized spacial score (nSPS) is 12.7. The molecule has 1 heterocycles. The zero-order valence-electron chi connectivity index (χ0n) is 9.99. The Bertz CT molecular complexity index is 345. The molecule has 18 heavy (non-hydrogen) atoms. The molecular formula is C10H15ClF3N3O. The molecule has 0 aliphatic rings. The van der Waals surface area contributed by atoms with Gasteiger partial charge in [-0.3, -0.25) is 0 Å². The molecule has 1 atom stereocenters. The van der Waals surface area contributed by atoms with Crippen molar-refractivity contribution in [1.29, 1.82) is 0 Å². The summed E-state index contributed by atoms with van der Waals surface area (Å²) in [6.45, 7) is 4.98. The lowest BCUT2D eigenvalue weighted by Gasteiger charge is -2.13. The third-order valence-corrected chi connectivity index (χ3v) is 1.95. The number of rotatable bonds is 5. The van der Waals surface area contributed by atoms with Crippen molar-refractivity contribution in [3.8, 4) is 5.88 Å². The molecule has 0 aromatic carbocycles. The van der Waals surface area contributed by atoms with Crippen molar-refractivity contribution in [2.24, 2.45) is 0 Å². The van der Waals surface area contributed by atoms with Gasteiger partial charge in [-0.15, -0.1) is 12.4 Å². The predicted molar refractivity (Wildman–Crippen MR) is 62.9 cm³/mol. The SMILES string of the molecule is CCN[C@@H](C)COc1cnc(C(F)(F)F)cn1.Cl. The first-order valence-corrected chi connectivity index (χ1v) is 5.19. The molecule has 0 amide bonds. The van der Waals surface area contributed by atoms with Crippen molar-refractivity contribution >= 4 is 12.4 Å². The third kappa shape index (κ3) is 5.50. The molecule has 1 aromatic rings. The summed E-state index contributed by atoms with van der Waals surface area (Å²) in [6, 6.07) is 0.101. The maximum absolute atomic E-state index is 12.2. The standard InChI is InChI=1S/C10H14F3N3O.ClH/c1-3-14-7(2)6-17-9-5-15-8(4-16-9)10(11,12)13;/h4-5,7,14H,3,6H2,1-2H3;1H/t7-;/m0./s1. The summed E-state index contributed by atoms with van der Waals surface area (Å²) >= 11 is 0. The number of hydrogen-bond acceptors (Lipinski definition) is 4. The van der Waals surface area contributed by atoms with Crippen molar-refractivity contribution in [1.82, 2.24) is 15.3 Å². The Kier molecular flexibility index (Phi) is 6.93. The van der Waals surface area contributed by atoms with Gasteiger partial charge in [-0.2, -0.15) is 13.2 Å². The van der Waals surface area contributed by atoms with E-state index < -0.39 is 11.9 Å². The number of nitrogens with one attached hydrogen (secondary N) is 1. The highest BCUT2D eigenvalue weighted by atomic mass is 35.5. The van der Waals surface area contributed by atoms with Crippen molar-refractivity contribution in [3.63, 3.8) is 0 Å². The monoisotopic (exact) mass is 285 g/mol. The van der Waals surface area contributed by atoms with Crippen LogP contribution >= 0.6 is 12.4 Å². The Hall–Kier alpha value is -1.08. The van der Waals surface area contributed by atoms with E-state index in [1.807, 2.05) is 13.8 Å². The van der Waals surface area contributed by atoms with E-state index in [0.717, 1.165) is 12.7 Å². The van der Waals surface area contributed by atoms with Crippen molar-refractivity contribution < 1.29 is 17.9 Å². The van der Waals surface area contributed by atoms with E-state index >= 15 is 0 Å². The van der Waals surface area contributed by atoms with Gasteiger partial charge in [-0.1, -0.05) is 6.92 Å². The van der Waals surface area contributed by atoms with Crippen molar-refractivity contribution in [3.05, 3.63) is 18.1 Å². The Labute approximate surface area is 109 Å². The highest BCUT2D eigenvalue weighted by Crippen LogP contribution is 2.27. The van der Waals surface area contributed by atoms with E-state index in [1.165, 1.54) is 0 Å². The predicted octanol–water partition coefficient (Wildman–Crippen LogP) is 2.29. The molecule has 8 heteroatoms. The second-order valence-corrected chi connectivity index (χ2v) is 3.51. The summed E-state index contributed by atoms with van der Waals surface area (Å²) in [5, 5.41) is 3.10. The number of aromatic nitrogens is 2. The lowest BCUT2D eigenvalue weighted by Crippen LogP contribution is -2.31. The Morgan fingerprint density at radius 2 is 2.00 bits per heavy atom. The van der Waals surface area contributed by atoms with Crippen LogP contribution in [-0.2, 0) is 6.18 Å². The van der Waals surface area contributed by atoms with E-state index in [1.54, 1.807) is 0 Å².